The first-order valence-electron chi connectivity index (χ1n) is 7.80. The molecule has 0 aliphatic carbocycles. The number of carbonyl (C=O) groups excluding carboxylic acids is 1. The van der Waals surface area contributed by atoms with Gasteiger partial charge in [-0.15, -0.1) is 0 Å². The van der Waals surface area contributed by atoms with Crippen molar-refractivity contribution in [2.75, 3.05) is 4.90 Å². The summed E-state index contributed by atoms with van der Waals surface area (Å²) in [7, 11) is 0. The van der Waals surface area contributed by atoms with Crippen LogP contribution in [0.1, 0.15) is 42.3 Å². The third-order valence-corrected chi connectivity index (χ3v) is 4.51. The third kappa shape index (κ3) is 2.90. The molecule has 3 rings (SSSR count). The van der Waals surface area contributed by atoms with Gasteiger partial charge in [0.15, 0.2) is 0 Å². The zero-order valence-electron chi connectivity index (χ0n) is 13.9. The minimum atomic E-state index is -0.607. The number of amides is 1. The summed E-state index contributed by atoms with van der Waals surface area (Å²) in [6, 6.07) is 7.27. The average molecular weight is 346 g/mol. The van der Waals surface area contributed by atoms with Crippen molar-refractivity contribution in [1.82, 2.24) is 10.3 Å². The van der Waals surface area contributed by atoms with Crippen molar-refractivity contribution in [1.29, 1.82) is 0 Å². The molecule has 1 aromatic carbocycles. The number of fused-ring (bicyclic) bond motifs is 1. The first kappa shape index (κ1) is 16.9. The fraction of sp³-hybridized carbons (Fsp3) is 0.333. The van der Waals surface area contributed by atoms with Crippen molar-refractivity contribution in [3.63, 3.8) is 0 Å². The zero-order chi connectivity index (χ0) is 17.5. The molecule has 1 aliphatic heterocycles. The normalized spacial score (nSPS) is 17.0. The largest absolute Gasteiger partial charge is 0.379 e. The summed E-state index contributed by atoms with van der Waals surface area (Å²) in [5, 5.41) is 12.9. The molecular weight excluding hydrogens is 326 g/mol. The molecule has 5 nitrogen and oxygen atoms in total. The molecule has 2 aromatic rings. The van der Waals surface area contributed by atoms with Gasteiger partial charge in [0, 0.05) is 23.3 Å². The molecular formula is C18H20ClN3O2. The second kappa shape index (κ2) is 6.16. The standard InChI is InChI=1S/C18H20ClN3O2/c1-11(23)21-9-12-6-14(10-20-8-12)22-17(24)15-5-4-13(19)7-16(15)18(22,2)3/h4-8,10-11,21,23H,9H2,1-3H3. The van der Waals surface area contributed by atoms with E-state index in [1.54, 1.807) is 36.4 Å². The number of aromatic nitrogens is 1. The summed E-state index contributed by atoms with van der Waals surface area (Å²) in [5.41, 5.74) is 2.67. The van der Waals surface area contributed by atoms with Crippen LogP contribution < -0.4 is 10.2 Å². The number of hydrogen-bond donors (Lipinski definition) is 2. The van der Waals surface area contributed by atoms with Crippen molar-refractivity contribution in [3.05, 3.63) is 58.4 Å². The van der Waals surface area contributed by atoms with Gasteiger partial charge in [-0.05, 0) is 56.2 Å². The van der Waals surface area contributed by atoms with Crippen LogP contribution in [0.3, 0.4) is 0 Å². The van der Waals surface area contributed by atoms with Crippen molar-refractivity contribution >= 4 is 23.2 Å². The highest BCUT2D eigenvalue weighted by Crippen LogP contribution is 2.42. The van der Waals surface area contributed by atoms with E-state index in [4.69, 9.17) is 11.6 Å². The van der Waals surface area contributed by atoms with E-state index < -0.39 is 11.8 Å². The monoisotopic (exact) mass is 345 g/mol. The Morgan fingerprint density at radius 1 is 1.33 bits per heavy atom. The van der Waals surface area contributed by atoms with E-state index in [-0.39, 0.29) is 5.91 Å². The van der Waals surface area contributed by atoms with Gasteiger partial charge in [0.2, 0.25) is 0 Å². The van der Waals surface area contributed by atoms with E-state index in [9.17, 15) is 9.90 Å². The summed E-state index contributed by atoms with van der Waals surface area (Å²) < 4.78 is 0. The van der Waals surface area contributed by atoms with Gasteiger partial charge in [0.1, 0.15) is 6.23 Å². The Bertz CT molecular complexity index is 790. The maximum absolute atomic E-state index is 12.9. The summed E-state index contributed by atoms with van der Waals surface area (Å²) in [6.45, 7) is 6.12. The Balaban J connectivity index is 1.98. The van der Waals surface area contributed by atoms with Gasteiger partial charge in [-0.1, -0.05) is 11.6 Å². The number of carbonyl (C=O) groups is 1. The second-order valence-electron chi connectivity index (χ2n) is 6.50. The highest BCUT2D eigenvalue weighted by atomic mass is 35.5. The molecule has 0 bridgehead atoms. The van der Waals surface area contributed by atoms with E-state index in [1.165, 1.54) is 0 Å². The lowest BCUT2D eigenvalue weighted by Gasteiger charge is -2.32. The molecule has 1 unspecified atom stereocenters. The Morgan fingerprint density at radius 3 is 2.79 bits per heavy atom. The summed E-state index contributed by atoms with van der Waals surface area (Å²) in [4.78, 5) is 18.9. The van der Waals surface area contributed by atoms with Gasteiger partial charge in [-0.25, -0.2) is 0 Å². The number of nitrogens with one attached hydrogen (secondary N) is 1. The van der Waals surface area contributed by atoms with Crippen LogP contribution in [-0.2, 0) is 12.1 Å². The maximum atomic E-state index is 12.9. The third-order valence-electron chi connectivity index (χ3n) is 4.27. The highest BCUT2D eigenvalue weighted by Gasteiger charge is 2.44. The fourth-order valence-corrected chi connectivity index (χ4v) is 3.27. The minimum Gasteiger partial charge on any atom is -0.379 e. The molecule has 6 heteroatoms. The molecule has 1 aliphatic rings. The molecule has 0 spiro atoms. The predicted molar refractivity (Wildman–Crippen MR) is 94.0 cm³/mol. The Morgan fingerprint density at radius 2 is 2.08 bits per heavy atom. The van der Waals surface area contributed by atoms with Crippen LogP contribution >= 0.6 is 11.6 Å². The molecule has 126 valence electrons. The summed E-state index contributed by atoms with van der Waals surface area (Å²) in [6.07, 6.45) is 2.79. The molecule has 2 heterocycles. The first-order valence-corrected chi connectivity index (χ1v) is 8.18. The van der Waals surface area contributed by atoms with Crippen molar-refractivity contribution in [2.45, 2.75) is 39.1 Å². The van der Waals surface area contributed by atoms with Crippen LogP contribution in [-0.4, -0.2) is 22.2 Å². The SMILES string of the molecule is CC(O)NCc1cncc(N2C(=O)c3ccc(Cl)cc3C2(C)C)c1. The van der Waals surface area contributed by atoms with Crippen LogP contribution in [0, 0.1) is 0 Å². The topological polar surface area (TPSA) is 65.5 Å². The number of rotatable bonds is 4. The number of pyridine rings is 1. The average Bonchev–Trinajstić information content (AvgIpc) is 2.72. The molecule has 0 radical (unpaired) electrons. The van der Waals surface area contributed by atoms with Crippen LogP contribution in [0.4, 0.5) is 5.69 Å². The summed E-state index contributed by atoms with van der Waals surface area (Å²) >= 11 is 6.11. The van der Waals surface area contributed by atoms with Gasteiger partial charge in [-0.3, -0.25) is 20.0 Å². The summed E-state index contributed by atoms with van der Waals surface area (Å²) in [5.74, 6) is -0.0610. The Kier molecular flexibility index (Phi) is 4.34. The second-order valence-corrected chi connectivity index (χ2v) is 6.93. The van der Waals surface area contributed by atoms with Crippen molar-refractivity contribution in [2.24, 2.45) is 0 Å². The van der Waals surface area contributed by atoms with Gasteiger partial charge < -0.3 is 5.11 Å². The van der Waals surface area contributed by atoms with E-state index in [0.29, 0.717) is 17.1 Å². The van der Waals surface area contributed by atoms with Crippen LogP contribution in [0.5, 0.6) is 0 Å². The number of hydrogen-bond acceptors (Lipinski definition) is 4. The molecule has 1 amide bonds. The number of halogens is 1. The van der Waals surface area contributed by atoms with E-state index in [2.05, 4.69) is 10.3 Å². The lowest BCUT2D eigenvalue weighted by molar-refractivity contribution is 0.0982. The number of nitrogens with zero attached hydrogens (tertiary/aromatic N) is 2. The highest BCUT2D eigenvalue weighted by molar-refractivity contribution is 6.31. The number of aliphatic hydroxyl groups is 1. The molecule has 1 aromatic heterocycles. The van der Waals surface area contributed by atoms with Crippen LogP contribution in [0.2, 0.25) is 5.02 Å². The van der Waals surface area contributed by atoms with E-state index >= 15 is 0 Å². The molecule has 2 N–H and O–H groups in total. The Hall–Kier alpha value is -1.95. The minimum absolute atomic E-state index is 0.0610. The van der Waals surface area contributed by atoms with Crippen LogP contribution in [0.15, 0.2) is 36.7 Å². The van der Waals surface area contributed by atoms with E-state index in [0.717, 1.165) is 16.8 Å². The van der Waals surface area contributed by atoms with Gasteiger partial charge in [0.25, 0.3) is 5.91 Å². The van der Waals surface area contributed by atoms with Crippen LogP contribution in [0.25, 0.3) is 0 Å². The quantitative estimate of drug-likeness (QED) is 0.836. The molecule has 24 heavy (non-hydrogen) atoms. The van der Waals surface area contributed by atoms with Gasteiger partial charge in [0.05, 0.1) is 17.4 Å². The smallest absolute Gasteiger partial charge is 0.259 e. The number of benzene rings is 1. The molecule has 1 atom stereocenters. The number of aliphatic hydroxyl groups excluding tert-OH is 1. The van der Waals surface area contributed by atoms with Gasteiger partial charge in [-0.2, -0.15) is 0 Å². The van der Waals surface area contributed by atoms with Crippen molar-refractivity contribution < 1.29 is 9.90 Å². The van der Waals surface area contributed by atoms with Crippen molar-refractivity contribution in [3.8, 4) is 0 Å². The zero-order valence-corrected chi connectivity index (χ0v) is 14.6. The maximum Gasteiger partial charge on any atom is 0.259 e. The molecule has 0 fully saturated rings. The van der Waals surface area contributed by atoms with Gasteiger partial charge >= 0.3 is 0 Å². The Labute approximate surface area is 146 Å². The lowest BCUT2D eigenvalue weighted by atomic mass is 9.93. The lowest BCUT2D eigenvalue weighted by Crippen LogP contribution is -2.39. The fourth-order valence-electron chi connectivity index (χ4n) is 3.10. The number of anilines is 1. The molecule has 0 saturated heterocycles. The molecule has 0 saturated carbocycles. The first-order chi connectivity index (χ1) is 11.3. The van der Waals surface area contributed by atoms with E-state index in [1.807, 2.05) is 26.0 Å². The predicted octanol–water partition coefficient (Wildman–Crippen LogP) is 3.06.